The van der Waals surface area contributed by atoms with Gasteiger partial charge in [-0.15, -0.1) is 0 Å². The molecule has 0 spiro atoms. The molecule has 0 aliphatic heterocycles. The van der Waals surface area contributed by atoms with Gasteiger partial charge in [-0.05, 0) is 36.8 Å². The van der Waals surface area contributed by atoms with E-state index < -0.39 is 15.9 Å². The van der Waals surface area contributed by atoms with Crippen LogP contribution in [0, 0.1) is 6.92 Å². The van der Waals surface area contributed by atoms with Crippen molar-refractivity contribution < 1.29 is 13.2 Å². The maximum atomic E-state index is 12.2. The van der Waals surface area contributed by atoms with Crippen molar-refractivity contribution >= 4 is 33.2 Å². The molecule has 8 heteroatoms. The summed E-state index contributed by atoms with van der Waals surface area (Å²) < 4.78 is 25.0. The zero-order valence-corrected chi connectivity index (χ0v) is 14.9. The van der Waals surface area contributed by atoms with Gasteiger partial charge in [-0.3, -0.25) is 9.78 Å². The molecule has 0 saturated carbocycles. The molecule has 0 unspecified atom stereocenters. The van der Waals surface area contributed by atoms with Crippen molar-refractivity contribution in [3.8, 4) is 0 Å². The highest BCUT2D eigenvalue weighted by Crippen LogP contribution is 2.20. The van der Waals surface area contributed by atoms with Crippen LogP contribution in [0.5, 0.6) is 0 Å². The van der Waals surface area contributed by atoms with Crippen molar-refractivity contribution in [1.29, 1.82) is 0 Å². The Morgan fingerprint density at radius 2 is 2.04 bits per heavy atom. The van der Waals surface area contributed by atoms with Gasteiger partial charge in [0.05, 0.1) is 25.0 Å². The third-order valence-corrected chi connectivity index (χ3v) is 4.76. The molecule has 1 amide bonds. The summed E-state index contributed by atoms with van der Waals surface area (Å²) in [7, 11) is -3.56. The number of hydrogen-bond donors (Lipinski definition) is 1. The number of amides is 1. The topological polar surface area (TPSA) is 79.4 Å². The molecule has 1 heterocycles. The molecule has 0 atom stereocenters. The van der Waals surface area contributed by atoms with E-state index >= 15 is 0 Å². The molecular formula is C16H18ClN3O3S. The van der Waals surface area contributed by atoms with Crippen molar-refractivity contribution in [3.63, 3.8) is 0 Å². The molecular weight excluding hydrogens is 350 g/mol. The summed E-state index contributed by atoms with van der Waals surface area (Å²) in [5, 5.41) is 3.18. The van der Waals surface area contributed by atoms with Crippen LogP contribution in [-0.4, -0.2) is 36.4 Å². The van der Waals surface area contributed by atoms with Crippen LogP contribution in [0.4, 0.5) is 5.69 Å². The van der Waals surface area contributed by atoms with E-state index in [1.807, 2.05) is 6.92 Å². The highest BCUT2D eigenvalue weighted by atomic mass is 35.5. The SMILES string of the molecule is Cc1ccc(Cl)cc1NC(=O)CN(Cc1ccccn1)S(C)(=O)=O. The van der Waals surface area contributed by atoms with Gasteiger partial charge >= 0.3 is 0 Å². The van der Waals surface area contributed by atoms with Gasteiger partial charge in [0.2, 0.25) is 15.9 Å². The number of anilines is 1. The number of sulfonamides is 1. The molecule has 0 fully saturated rings. The molecule has 6 nitrogen and oxygen atoms in total. The Balaban J connectivity index is 2.12. The fraction of sp³-hybridized carbons (Fsp3) is 0.250. The summed E-state index contributed by atoms with van der Waals surface area (Å²) in [5.41, 5.74) is 1.96. The first-order chi connectivity index (χ1) is 11.3. The van der Waals surface area contributed by atoms with Gasteiger partial charge in [0, 0.05) is 16.9 Å². The molecule has 0 radical (unpaired) electrons. The molecule has 24 heavy (non-hydrogen) atoms. The number of hydrogen-bond acceptors (Lipinski definition) is 4. The lowest BCUT2D eigenvalue weighted by molar-refractivity contribution is -0.116. The molecule has 128 valence electrons. The van der Waals surface area contributed by atoms with Crippen LogP contribution >= 0.6 is 11.6 Å². The quantitative estimate of drug-likeness (QED) is 0.850. The first kappa shape index (κ1) is 18.4. The Morgan fingerprint density at radius 3 is 2.67 bits per heavy atom. The lowest BCUT2D eigenvalue weighted by Gasteiger charge is -2.19. The first-order valence-corrected chi connectivity index (χ1v) is 9.39. The number of aromatic nitrogens is 1. The summed E-state index contributed by atoms with van der Waals surface area (Å²) in [4.78, 5) is 16.3. The summed E-state index contributed by atoms with van der Waals surface area (Å²) >= 11 is 5.92. The summed E-state index contributed by atoms with van der Waals surface area (Å²) in [5.74, 6) is -0.443. The molecule has 0 saturated heterocycles. The highest BCUT2D eigenvalue weighted by molar-refractivity contribution is 7.88. The summed E-state index contributed by atoms with van der Waals surface area (Å²) in [6.45, 7) is 1.55. The second kappa shape index (κ2) is 7.74. The molecule has 2 aromatic rings. The standard InChI is InChI=1S/C16H18ClN3O3S/c1-12-6-7-13(17)9-15(12)19-16(21)11-20(24(2,22)23)10-14-5-3-4-8-18-14/h3-9H,10-11H2,1-2H3,(H,19,21). The molecule has 1 aromatic heterocycles. The molecule has 1 aromatic carbocycles. The molecule has 1 N–H and O–H groups in total. The second-order valence-electron chi connectivity index (χ2n) is 5.36. The van der Waals surface area contributed by atoms with E-state index in [0.29, 0.717) is 16.4 Å². The lowest BCUT2D eigenvalue weighted by Crippen LogP contribution is -2.37. The second-order valence-corrected chi connectivity index (χ2v) is 7.78. The van der Waals surface area contributed by atoms with Crippen molar-refractivity contribution in [2.75, 3.05) is 18.1 Å². The van der Waals surface area contributed by atoms with Gasteiger partial charge in [0.1, 0.15) is 0 Å². The van der Waals surface area contributed by atoms with Gasteiger partial charge in [-0.1, -0.05) is 23.7 Å². The third kappa shape index (κ3) is 5.30. The number of benzene rings is 1. The maximum Gasteiger partial charge on any atom is 0.239 e. The van der Waals surface area contributed by atoms with E-state index in [4.69, 9.17) is 11.6 Å². The van der Waals surface area contributed by atoms with Crippen LogP contribution in [0.2, 0.25) is 5.02 Å². The monoisotopic (exact) mass is 367 g/mol. The fourth-order valence-electron chi connectivity index (χ4n) is 2.04. The van der Waals surface area contributed by atoms with E-state index in [1.54, 1.807) is 42.6 Å². The Labute approximate surface area is 146 Å². The molecule has 0 aliphatic carbocycles. The lowest BCUT2D eigenvalue weighted by atomic mass is 10.2. The van der Waals surface area contributed by atoms with Crippen LogP contribution < -0.4 is 5.32 Å². The minimum Gasteiger partial charge on any atom is -0.325 e. The largest absolute Gasteiger partial charge is 0.325 e. The van der Waals surface area contributed by atoms with E-state index in [0.717, 1.165) is 16.1 Å². The van der Waals surface area contributed by atoms with Gasteiger partial charge in [-0.25, -0.2) is 8.42 Å². The van der Waals surface area contributed by atoms with Crippen molar-refractivity contribution in [3.05, 3.63) is 58.9 Å². The molecule has 0 aliphatic rings. The number of nitrogens with one attached hydrogen (secondary N) is 1. The molecule has 0 bridgehead atoms. The van der Waals surface area contributed by atoms with E-state index in [1.165, 1.54) is 0 Å². The average Bonchev–Trinajstić information content (AvgIpc) is 2.50. The maximum absolute atomic E-state index is 12.2. The molecule has 2 rings (SSSR count). The first-order valence-electron chi connectivity index (χ1n) is 7.17. The number of carbonyl (C=O) groups is 1. The van der Waals surface area contributed by atoms with Crippen LogP contribution in [0.25, 0.3) is 0 Å². The van der Waals surface area contributed by atoms with Crippen LogP contribution in [0.15, 0.2) is 42.6 Å². The number of aryl methyl sites for hydroxylation is 1. The number of pyridine rings is 1. The number of carbonyl (C=O) groups excluding carboxylic acids is 1. The van der Waals surface area contributed by atoms with E-state index in [9.17, 15) is 13.2 Å². The van der Waals surface area contributed by atoms with Gasteiger partial charge in [0.25, 0.3) is 0 Å². The zero-order valence-electron chi connectivity index (χ0n) is 13.4. The Kier molecular flexibility index (Phi) is 5.93. The predicted molar refractivity (Wildman–Crippen MR) is 94.3 cm³/mol. The predicted octanol–water partition coefficient (Wildman–Crippen LogP) is 2.44. The minimum absolute atomic E-state index is 0.0294. The Bertz CT molecular complexity index is 826. The van der Waals surface area contributed by atoms with Crippen molar-refractivity contribution in [2.45, 2.75) is 13.5 Å². The fourth-order valence-corrected chi connectivity index (χ4v) is 2.93. The van der Waals surface area contributed by atoms with E-state index in [-0.39, 0.29) is 13.1 Å². The van der Waals surface area contributed by atoms with Crippen LogP contribution in [0.1, 0.15) is 11.3 Å². The minimum atomic E-state index is -3.56. The van der Waals surface area contributed by atoms with E-state index in [2.05, 4.69) is 10.3 Å². The number of nitrogens with zero attached hydrogens (tertiary/aromatic N) is 2. The third-order valence-electron chi connectivity index (χ3n) is 3.33. The summed E-state index contributed by atoms with van der Waals surface area (Å²) in [6.07, 6.45) is 2.64. The normalized spacial score (nSPS) is 11.5. The van der Waals surface area contributed by atoms with Crippen molar-refractivity contribution in [1.82, 2.24) is 9.29 Å². The van der Waals surface area contributed by atoms with Crippen LogP contribution in [-0.2, 0) is 21.4 Å². The van der Waals surface area contributed by atoms with Crippen molar-refractivity contribution in [2.24, 2.45) is 0 Å². The average molecular weight is 368 g/mol. The highest BCUT2D eigenvalue weighted by Gasteiger charge is 2.21. The van der Waals surface area contributed by atoms with Gasteiger partial charge < -0.3 is 5.32 Å². The van der Waals surface area contributed by atoms with Crippen LogP contribution in [0.3, 0.4) is 0 Å². The summed E-state index contributed by atoms with van der Waals surface area (Å²) in [6, 6.07) is 10.3. The Morgan fingerprint density at radius 1 is 1.29 bits per heavy atom. The number of rotatable bonds is 6. The Hall–Kier alpha value is -1.96. The van der Waals surface area contributed by atoms with Gasteiger partial charge in [0.15, 0.2) is 0 Å². The van der Waals surface area contributed by atoms with Gasteiger partial charge in [-0.2, -0.15) is 4.31 Å². The number of halogens is 1. The zero-order chi connectivity index (χ0) is 17.7. The smallest absolute Gasteiger partial charge is 0.239 e.